The Bertz CT molecular complexity index is 1670. The molecule has 2 N–H and O–H groups in total. The molecule has 2 atom stereocenters. The molecule has 16 heteroatoms. The van der Waals surface area contributed by atoms with E-state index >= 15 is 0 Å². The first-order valence-corrected chi connectivity index (χ1v) is 14.2. The highest BCUT2D eigenvalue weighted by atomic mass is 32.2. The third kappa shape index (κ3) is 7.90. The summed E-state index contributed by atoms with van der Waals surface area (Å²) >= 11 is 0. The van der Waals surface area contributed by atoms with Crippen molar-refractivity contribution in [1.29, 1.82) is 0 Å². The van der Waals surface area contributed by atoms with Gasteiger partial charge in [-0.2, -0.15) is 13.2 Å². The molecule has 3 heterocycles. The predicted molar refractivity (Wildman–Crippen MR) is 151 cm³/mol. The Hall–Kier alpha value is -4.44. The maximum Gasteiger partial charge on any atom is 0.490 e. The summed E-state index contributed by atoms with van der Waals surface area (Å²) in [6, 6.07) is 7.79. The lowest BCUT2D eigenvalue weighted by atomic mass is 10.1. The van der Waals surface area contributed by atoms with E-state index in [0.29, 0.717) is 11.4 Å². The van der Waals surface area contributed by atoms with Crippen molar-refractivity contribution < 1.29 is 36.2 Å². The Balaban J connectivity index is 0.000000646. The molecule has 0 bridgehead atoms. The number of anilines is 1. The van der Waals surface area contributed by atoms with E-state index in [9.17, 15) is 21.6 Å². The Morgan fingerprint density at radius 1 is 1.00 bits per heavy atom. The maximum absolute atomic E-state index is 13.6. The molecule has 0 aliphatic heterocycles. The van der Waals surface area contributed by atoms with Crippen LogP contribution in [-0.4, -0.2) is 67.7 Å². The number of aromatic nitrogens is 6. The third-order valence-corrected chi connectivity index (χ3v) is 7.85. The lowest BCUT2D eigenvalue weighted by Crippen LogP contribution is -2.33. The average molecular weight is 622 g/mol. The minimum absolute atomic E-state index is 0.0652. The van der Waals surface area contributed by atoms with Crippen LogP contribution in [0.4, 0.5) is 19.1 Å². The fourth-order valence-electron chi connectivity index (χ4n) is 4.02. The molecular formula is C27H30F3N7O5S. The molecule has 0 amide bonds. The molecule has 0 unspecified atom stereocenters. The number of pyridine rings is 1. The zero-order chi connectivity index (χ0) is 32.1. The number of carboxylic acids is 1. The van der Waals surface area contributed by atoms with Gasteiger partial charge in [0.25, 0.3) is 0 Å². The Labute approximate surface area is 246 Å². The van der Waals surface area contributed by atoms with Crippen molar-refractivity contribution in [2.24, 2.45) is 0 Å². The molecule has 0 saturated heterocycles. The SMILES string of the molecule is CO[C@H](c1ncc(C)cn1)[C@H](C)S(=O)(=O)Nc1nnc(-c2cncc(C)c2)n1-c1c(C)cccc1C.O=C(O)C(F)(F)F. The zero-order valence-electron chi connectivity index (χ0n) is 24.1. The van der Waals surface area contributed by atoms with E-state index in [0.717, 1.165) is 27.9 Å². The number of alkyl halides is 3. The molecule has 0 aliphatic carbocycles. The topological polar surface area (TPSA) is 162 Å². The van der Waals surface area contributed by atoms with Crippen LogP contribution in [0.1, 0.15) is 41.1 Å². The van der Waals surface area contributed by atoms with Gasteiger partial charge in [-0.3, -0.25) is 14.3 Å². The van der Waals surface area contributed by atoms with Crippen LogP contribution in [0.3, 0.4) is 0 Å². The van der Waals surface area contributed by atoms with Crippen molar-refractivity contribution >= 4 is 21.9 Å². The van der Waals surface area contributed by atoms with E-state index in [1.807, 2.05) is 52.0 Å². The van der Waals surface area contributed by atoms with E-state index in [4.69, 9.17) is 14.6 Å². The number of nitrogens with one attached hydrogen (secondary N) is 1. The second-order valence-electron chi connectivity index (χ2n) is 9.60. The van der Waals surface area contributed by atoms with E-state index in [1.54, 1.807) is 36.3 Å². The van der Waals surface area contributed by atoms with Crippen molar-refractivity contribution in [3.63, 3.8) is 0 Å². The van der Waals surface area contributed by atoms with Crippen LogP contribution in [0.5, 0.6) is 0 Å². The summed E-state index contributed by atoms with van der Waals surface area (Å²) in [5.74, 6) is -1.94. The van der Waals surface area contributed by atoms with Gasteiger partial charge in [0.05, 0.1) is 5.69 Å². The molecule has 4 aromatic rings. The molecule has 3 aromatic heterocycles. The van der Waals surface area contributed by atoms with Gasteiger partial charge < -0.3 is 9.84 Å². The van der Waals surface area contributed by atoms with Crippen LogP contribution >= 0.6 is 0 Å². The molecule has 0 fully saturated rings. The number of hydrogen-bond acceptors (Lipinski definition) is 9. The monoisotopic (exact) mass is 621 g/mol. The van der Waals surface area contributed by atoms with E-state index < -0.39 is 33.5 Å². The molecule has 0 radical (unpaired) electrons. The molecule has 0 saturated carbocycles. The molecule has 1 aromatic carbocycles. The summed E-state index contributed by atoms with van der Waals surface area (Å²) in [5.41, 5.74) is 5.18. The summed E-state index contributed by atoms with van der Waals surface area (Å²) < 4.78 is 68.7. The van der Waals surface area contributed by atoms with E-state index in [1.165, 1.54) is 7.11 Å². The summed E-state index contributed by atoms with van der Waals surface area (Å²) in [6.45, 7) is 9.24. The highest BCUT2D eigenvalue weighted by molar-refractivity contribution is 7.93. The number of aryl methyl sites for hydroxylation is 4. The van der Waals surface area contributed by atoms with Crippen molar-refractivity contribution in [2.75, 3.05) is 11.8 Å². The molecule has 0 spiro atoms. The standard InChI is InChI=1S/C25H29N7O3S.C2HF3O2/c1-15-10-20(14-26-11-15)24-29-30-25(32(24)21-17(3)8-7-9-18(21)4)31-36(33,34)19(5)22(35-6)23-27-12-16(2)13-28-23;3-2(4,5)1(6)7/h7-14,19,22H,1-6H3,(H,30,31);(H,6,7)/t19-,22-;/m0./s1. The van der Waals surface area contributed by atoms with Crippen LogP contribution in [0.25, 0.3) is 17.1 Å². The number of para-hydroxylation sites is 1. The van der Waals surface area contributed by atoms with Crippen molar-refractivity contribution in [1.82, 2.24) is 29.7 Å². The zero-order valence-corrected chi connectivity index (χ0v) is 24.9. The number of aliphatic carboxylic acids is 1. The van der Waals surface area contributed by atoms with Gasteiger partial charge in [-0.25, -0.2) is 23.2 Å². The fourth-order valence-corrected chi connectivity index (χ4v) is 5.15. The predicted octanol–water partition coefficient (Wildman–Crippen LogP) is 4.50. The van der Waals surface area contributed by atoms with Gasteiger partial charge >= 0.3 is 12.1 Å². The van der Waals surface area contributed by atoms with Gasteiger partial charge in [0.1, 0.15) is 11.4 Å². The molecule has 0 aliphatic rings. The van der Waals surface area contributed by atoms with Crippen LogP contribution in [0.15, 0.2) is 49.1 Å². The molecule has 12 nitrogen and oxygen atoms in total. The third-order valence-electron chi connectivity index (χ3n) is 6.16. The minimum Gasteiger partial charge on any atom is -0.475 e. The number of ether oxygens (including phenoxy) is 1. The molecule has 43 heavy (non-hydrogen) atoms. The number of halogens is 3. The van der Waals surface area contributed by atoms with Gasteiger partial charge in [-0.05, 0) is 62.9 Å². The molecule has 230 valence electrons. The van der Waals surface area contributed by atoms with Crippen LogP contribution < -0.4 is 4.72 Å². The van der Waals surface area contributed by atoms with Gasteiger partial charge in [0, 0.05) is 37.5 Å². The summed E-state index contributed by atoms with van der Waals surface area (Å²) in [7, 11) is -2.58. The minimum atomic E-state index is -5.08. The van der Waals surface area contributed by atoms with Crippen LogP contribution in [-0.2, 0) is 19.6 Å². The first-order chi connectivity index (χ1) is 20.1. The second kappa shape index (κ2) is 13.2. The van der Waals surface area contributed by atoms with Gasteiger partial charge in [0.2, 0.25) is 16.0 Å². The smallest absolute Gasteiger partial charge is 0.475 e. The summed E-state index contributed by atoms with van der Waals surface area (Å²) in [6.07, 6.45) is 0.701. The average Bonchev–Trinajstić information content (AvgIpc) is 3.32. The number of rotatable bonds is 8. The maximum atomic E-state index is 13.6. The van der Waals surface area contributed by atoms with Crippen molar-refractivity contribution in [3.8, 4) is 17.1 Å². The highest BCUT2D eigenvalue weighted by Crippen LogP contribution is 2.31. The van der Waals surface area contributed by atoms with Crippen molar-refractivity contribution in [3.05, 3.63) is 77.1 Å². The Morgan fingerprint density at radius 3 is 2.09 bits per heavy atom. The van der Waals surface area contributed by atoms with Gasteiger partial charge in [-0.15, -0.1) is 10.2 Å². The van der Waals surface area contributed by atoms with Crippen LogP contribution in [0.2, 0.25) is 0 Å². The number of benzene rings is 1. The van der Waals surface area contributed by atoms with Gasteiger partial charge in [0.15, 0.2) is 11.6 Å². The number of hydrogen-bond donors (Lipinski definition) is 2. The number of carboxylic acid groups (broad SMARTS) is 1. The van der Waals surface area contributed by atoms with Crippen molar-refractivity contribution in [2.45, 2.75) is 52.1 Å². The van der Waals surface area contributed by atoms with Gasteiger partial charge in [-0.1, -0.05) is 18.2 Å². The quantitative estimate of drug-likeness (QED) is 0.286. The second-order valence-corrected chi connectivity index (χ2v) is 11.6. The first kappa shape index (κ1) is 33.1. The van der Waals surface area contributed by atoms with Crippen LogP contribution in [0, 0.1) is 27.7 Å². The Morgan fingerprint density at radius 2 is 1.58 bits per heavy atom. The Kier molecular flexibility index (Phi) is 10.2. The molecular weight excluding hydrogens is 591 g/mol. The first-order valence-electron chi connectivity index (χ1n) is 12.6. The van der Waals surface area contributed by atoms with E-state index in [2.05, 4.69) is 29.9 Å². The highest BCUT2D eigenvalue weighted by Gasteiger charge is 2.38. The van der Waals surface area contributed by atoms with E-state index in [-0.39, 0.29) is 11.8 Å². The lowest BCUT2D eigenvalue weighted by molar-refractivity contribution is -0.192. The number of carbonyl (C=O) groups is 1. The number of methoxy groups -OCH3 is 1. The fraction of sp³-hybridized carbons (Fsp3) is 0.333. The normalized spacial score (nSPS) is 13.0. The number of sulfonamides is 1. The molecule has 4 rings (SSSR count). The summed E-state index contributed by atoms with van der Waals surface area (Å²) in [5, 5.41) is 14.7. The number of nitrogens with zero attached hydrogens (tertiary/aromatic N) is 6. The largest absolute Gasteiger partial charge is 0.490 e. The lowest BCUT2D eigenvalue weighted by Gasteiger charge is -2.22. The summed E-state index contributed by atoms with van der Waals surface area (Å²) in [4.78, 5) is 21.7.